The number of benzene rings is 1. The van der Waals surface area contributed by atoms with Crippen molar-refractivity contribution in [3.8, 4) is 0 Å². The Bertz CT molecular complexity index is 1000. The smallest absolute Gasteiger partial charge is 0.363 e. The normalized spacial score (nSPS) is 18.8. The summed E-state index contributed by atoms with van der Waals surface area (Å²) in [6.45, 7) is 0.294. The summed E-state index contributed by atoms with van der Waals surface area (Å²) >= 11 is 7.36. The first-order valence-corrected chi connectivity index (χ1v) is 10.1. The van der Waals surface area contributed by atoms with Gasteiger partial charge >= 0.3 is 6.18 Å². The molecule has 3 heterocycles. The van der Waals surface area contributed by atoms with Crippen LogP contribution in [0.25, 0.3) is 0 Å². The van der Waals surface area contributed by atoms with Gasteiger partial charge in [0.25, 0.3) is 5.91 Å². The number of anilines is 1. The fourth-order valence-electron chi connectivity index (χ4n) is 3.27. The number of hydrogen-bond donors (Lipinski definition) is 2. The highest BCUT2D eigenvalue weighted by atomic mass is 35.5. The Kier molecular flexibility index (Phi) is 5.26. The zero-order chi connectivity index (χ0) is 20.6. The van der Waals surface area contributed by atoms with Crippen LogP contribution in [0.1, 0.15) is 39.4 Å². The standard InChI is InChI=1S/C19H16ClF3N4OS/c20-12-5-3-11(4-6-12)14-8-16(19(21,22)23)27-17(25-14)9-15(26-27)18(28)24-10-13-2-1-7-29-13/h1-7,9,14,16,25H,8,10H2,(H,24,28)/t14-,16+/m1/s1. The highest BCUT2D eigenvalue weighted by Crippen LogP contribution is 2.43. The van der Waals surface area contributed by atoms with Crippen LogP contribution in [0.15, 0.2) is 47.8 Å². The number of carbonyl (C=O) groups is 1. The summed E-state index contributed by atoms with van der Waals surface area (Å²) < 4.78 is 42.0. The summed E-state index contributed by atoms with van der Waals surface area (Å²) in [5.41, 5.74) is 0.620. The Morgan fingerprint density at radius 1 is 1.31 bits per heavy atom. The minimum Gasteiger partial charge on any atom is -0.363 e. The Balaban J connectivity index is 1.59. The second-order valence-corrected chi connectivity index (χ2v) is 8.13. The van der Waals surface area contributed by atoms with Crippen LogP contribution in [-0.4, -0.2) is 21.9 Å². The molecule has 0 spiro atoms. The van der Waals surface area contributed by atoms with Gasteiger partial charge in [-0.05, 0) is 29.1 Å². The van der Waals surface area contributed by atoms with Crippen LogP contribution in [0, 0.1) is 0 Å². The molecule has 10 heteroatoms. The third-order valence-corrected chi connectivity index (χ3v) is 5.83. The SMILES string of the molecule is O=C(NCc1cccs1)c1cc2n(n1)[C@H](C(F)(F)F)C[C@H](c1ccc(Cl)cc1)N2. The molecule has 1 amide bonds. The van der Waals surface area contributed by atoms with E-state index >= 15 is 0 Å². The summed E-state index contributed by atoms with van der Waals surface area (Å²) in [4.78, 5) is 13.3. The van der Waals surface area contributed by atoms with Crippen molar-refractivity contribution < 1.29 is 18.0 Å². The first-order valence-electron chi connectivity index (χ1n) is 8.80. The molecule has 0 bridgehead atoms. The van der Waals surface area contributed by atoms with Crippen LogP contribution >= 0.6 is 22.9 Å². The van der Waals surface area contributed by atoms with Crippen molar-refractivity contribution in [1.82, 2.24) is 15.1 Å². The van der Waals surface area contributed by atoms with Gasteiger partial charge in [-0.15, -0.1) is 11.3 Å². The molecule has 2 atom stereocenters. The molecule has 1 aliphatic heterocycles. The Labute approximate surface area is 173 Å². The lowest BCUT2D eigenvalue weighted by Crippen LogP contribution is -2.35. The highest BCUT2D eigenvalue weighted by Gasteiger charge is 2.46. The molecule has 152 valence electrons. The van der Waals surface area contributed by atoms with Gasteiger partial charge < -0.3 is 10.6 Å². The zero-order valence-corrected chi connectivity index (χ0v) is 16.5. The minimum absolute atomic E-state index is 0.0601. The van der Waals surface area contributed by atoms with Gasteiger partial charge in [0, 0.05) is 22.4 Å². The monoisotopic (exact) mass is 440 g/mol. The van der Waals surface area contributed by atoms with Crippen LogP contribution in [-0.2, 0) is 6.54 Å². The number of fused-ring (bicyclic) bond motifs is 1. The second kappa shape index (κ2) is 7.72. The number of alkyl halides is 3. The van der Waals surface area contributed by atoms with Crippen molar-refractivity contribution in [2.45, 2.75) is 31.2 Å². The third kappa shape index (κ3) is 4.25. The van der Waals surface area contributed by atoms with E-state index in [9.17, 15) is 18.0 Å². The minimum atomic E-state index is -4.50. The molecule has 3 aromatic rings. The summed E-state index contributed by atoms with van der Waals surface area (Å²) in [7, 11) is 0. The number of halogens is 4. The highest BCUT2D eigenvalue weighted by molar-refractivity contribution is 7.09. The first kappa shape index (κ1) is 19.8. The maximum atomic E-state index is 13.7. The number of amides is 1. The number of thiophene rings is 1. The lowest BCUT2D eigenvalue weighted by molar-refractivity contribution is -0.173. The van der Waals surface area contributed by atoms with E-state index < -0.39 is 24.2 Å². The van der Waals surface area contributed by atoms with Crippen molar-refractivity contribution in [2.24, 2.45) is 0 Å². The largest absolute Gasteiger partial charge is 0.410 e. The second-order valence-electron chi connectivity index (χ2n) is 6.66. The number of carbonyl (C=O) groups excluding carboxylic acids is 1. The molecule has 29 heavy (non-hydrogen) atoms. The molecule has 0 unspecified atom stereocenters. The molecule has 2 N–H and O–H groups in total. The lowest BCUT2D eigenvalue weighted by Gasteiger charge is -2.33. The van der Waals surface area contributed by atoms with E-state index in [2.05, 4.69) is 15.7 Å². The van der Waals surface area contributed by atoms with Gasteiger partial charge in [0.1, 0.15) is 5.82 Å². The third-order valence-electron chi connectivity index (χ3n) is 4.70. The van der Waals surface area contributed by atoms with Gasteiger partial charge in [0.05, 0.1) is 12.6 Å². The summed E-state index contributed by atoms with van der Waals surface area (Å²) in [5.74, 6) is -0.370. The molecule has 0 saturated carbocycles. The van der Waals surface area contributed by atoms with Crippen molar-refractivity contribution in [3.63, 3.8) is 0 Å². The van der Waals surface area contributed by atoms with E-state index in [0.717, 1.165) is 9.56 Å². The average molecular weight is 441 g/mol. The summed E-state index contributed by atoms with van der Waals surface area (Å²) in [5, 5.41) is 12.1. The maximum absolute atomic E-state index is 13.7. The van der Waals surface area contributed by atoms with Gasteiger partial charge in [0.15, 0.2) is 11.7 Å². The van der Waals surface area contributed by atoms with Crippen LogP contribution in [0.3, 0.4) is 0 Å². The molecule has 0 aliphatic carbocycles. The Hall–Kier alpha value is -2.52. The van der Waals surface area contributed by atoms with Crippen LogP contribution in [0.5, 0.6) is 0 Å². The van der Waals surface area contributed by atoms with Crippen LogP contribution in [0.4, 0.5) is 19.0 Å². The average Bonchev–Trinajstić information content (AvgIpc) is 3.34. The van der Waals surface area contributed by atoms with Crippen molar-refractivity contribution in [1.29, 1.82) is 0 Å². The number of hydrogen-bond acceptors (Lipinski definition) is 4. The molecule has 0 radical (unpaired) electrons. The fraction of sp³-hybridized carbons (Fsp3) is 0.263. The Morgan fingerprint density at radius 3 is 2.72 bits per heavy atom. The van der Waals surface area contributed by atoms with Gasteiger partial charge in [-0.3, -0.25) is 4.79 Å². The molecular weight excluding hydrogens is 425 g/mol. The summed E-state index contributed by atoms with van der Waals surface area (Å²) in [6.07, 6.45) is -4.74. The van der Waals surface area contributed by atoms with Crippen molar-refractivity contribution in [2.75, 3.05) is 5.32 Å². The molecule has 0 fully saturated rings. The van der Waals surface area contributed by atoms with E-state index in [0.29, 0.717) is 17.1 Å². The van der Waals surface area contributed by atoms with E-state index in [-0.39, 0.29) is 17.9 Å². The molecule has 5 nitrogen and oxygen atoms in total. The predicted molar refractivity (Wildman–Crippen MR) is 105 cm³/mol. The first-order chi connectivity index (χ1) is 13.8. The fourth-order valence-corrected chi connectivity index (χ4v) is 4.04. The summed E-state index contributed by atoms with van der Waals surface area (Å²) in [6, 6.07) is 9.31. The molecular formula is C19H16ClF3N4OS. The van der Waals surface area contributed by atoms with E-state index in [4.69, 9.17) is 11.6 Å². The number of nitrogens with one attached hydrogen (secondary N) is 2. The molecule has 1 aromatic carbocycles. The molecule has 1 aliphatic rings. The number of aromatic nitrogens is 2. The van der Waals surface area contributed by atoms with Gasteiger partial charge in [-0.25, -0.2) is 4.68 Å². The van der Waals surface area contributed by atoms with Crippen molar-refractivity contribution >= 4 is 34.7 Å². The van der Waals surface area contributed by atoms with E-state index in [1.54, 1.807) is 24.3 Å². The van der Waals surface area contributed by atoms with Gasteiger partial charge in [-0.2, -0.15) is 18.3 Å². The number of nitrogens with zero attached hydrogens (tertiary/aromatic N) is 2. The van der Waals surface area contributed by atoms with Crippen LogP contribution < -0.4 is 10.6 Å². The maximum Gasteiger partial charge on any atom is 0.410 e. The molecule has 2 aromatic heterocycles. The molecule has 4 rings (SSSR count). The van der Waals surface area contributed by atoms with Gasteiger partial charge in [-0.1, -0.05) is 29.8 Å². The quantitative estimate of drug-likeness (QED) is 0.587. The van der Waals surface area contributed by atoms with Crippen LogP contribution in [0.2, 0.25) is 5.02 Å². The van der Waals surface area contributed by atoms with Crippen molar-refractivity contribution in [3.05, 3.63) is 69.0 Å². The van der Waals surface area contributed by atoms with Gasteiger partial charge in [0.2, 0.25) is 0 Å². The topological polar surface area (TPSA) is 59.0 Å². The number of rotatable bonds is 4. The zero-order valence-electron chi connectivity index (χ0n) is 14.9. The predicted octanol–water partition coefficient (Wildman–Crippen LogP) is 5.19. The van der Waals surface area contributed by atoms with E-state index in [1.165, 1.54) is 17.4 Å². The lowest BCUT2D eigenvalue weighted by atomic mass is 9.97. The molecule has 0 saturated heterocycles. The Morgan fingerprint density at radius 2 is 2.07 bits per heavy atom. The van der Waals surface area contributed by atoms with E-state index in [1.807, 2.05) is 17.5 Å².